The second kappa shape index (κ2) is 7.72. The summed E-state index contributed by atoms with van der Waals surface area (Å²) in [5, 5.41) is 5.20. The number of hydrogen-bond acceptors (Lipinski definition) is 3. The van der Waals surface area contributed by atoms with Crippen LogP contribution in [0.4, 0.5) is 8.78 Å². The predicted octanol–water partition coefficient (Wildman–Crippen LogP) is 2.63. The Hall–Kier alpha value is -2.70. The fourth-order valence-electron chi connectivity index (χ4n) is 2.09. The molecule has 0 aliphatic carbocycles. The molecule has 24 heavy (non-hydrogen) atoms. The van der Waals surface area contributed by atoms with Gasteiger partial charge < -0.3 is 15.1 Å². The zero-order valence-electron chi connectivity index (χ0n) is 13.3. The third-order valence-electron chi connectivity index (χ3n) is 3.43. The Bertz CT molecular complexity index is 715. The van der Waals surface area contributed by atoms with Crippen LogP contribution in [0.3, 0.4) is 0 Å². The third-order valence-corrected chi connectivity index (χ3v) is 3.43. The number of amides is 2. The number of rotatable bonds is 6. The number of furan rings is 1. The van der Waals surface area contributed by atoms with Gasteiger partial charge in [-0.3, -0.25) is 9.59 Å². The lowest BCUT2D eigenvalue weighted by Crippen LogP contribution is -2.49. The first kappa shape index (κ1) is 17.7. The molecule has 7 heteroatoms. The maximum Gasteiger partial charge on any atom is 0.252 e. The number of carbonyl (C=O) groups excluding carboxylic acids is 2. The maximum atomic E-state index is 13.2. The van der Waals surface area contributed by atoms with E-state index in [1.54, 1.807) is 26.0 Å². The summed E-state index contributed by atoms with van der Waals surface area (Å²) in [7, 11) is 0. The van der Waals surface area contributed by atoms with E-state index in [2.05, 4.69) is 10.6 Å². The molecule has 0 saturated carbocycles. The van der Waals surface area contributed by atoms with Gasteiger partial charge in [-0.05, 0) is 36.2 Å². The van der Waals surface area contributed by atoms with Gasteiger partial charge in [0.1, 0.15) is 11.8 Å². The van der Waals surface area contributed by atoms with Gasteiger partial charge in [0.25, 0.3) is 5.91 Å². The van der Waals surface area contributed by atoms with Crippen molar-refractivity contribution in [2.75, 3.05) is 0 Å². The SMILES string of the molecule is CC(C)[C@H](NC(=O)c1ccc(F)c(F)c1)C(=O)NCc1ccco1. The van der Waals surface area contributed by atoms with E-state index >= 15 is 0 Å². The first-order valence-electron chi connectivity index (χ1n) is 7.44. The highest BCUT2D eigenvalue weighted by Gasteiger charge is 2.25. The molecule has 1 heterocycles. The molecule has 2 aromatic rings. The highest BCUT2D eigenvalue weighted by Crippen LogP contribution is 2.10. The van der Waals surface area contributed by atoms with Crippen molar-refractivity contribution in [1.82, 2.24) is 10.6 Å². The van der Waals surface area contributed by atoms with Crippen molar-refractivity contribution < 1.29 is 22.8 Å². The Kier molecular flexibility index (Phi) is 5.68. The van der Waals surface area contributed by atoms with E-state index in [1.165, 1.54) is 6.26 Å². The molecule has 0 spiro atoms. The molecule has 1 atom stereocenters. The molecular weight excluding hydrogens is 318 g/mol. The summed E-state index contributed by atoms with van der Waals surface area (Å²) in [5.41, 5.74) is -0.0571. The Morgan fingerprint density at radius 1 is 1.17 bits per heavy atom. The maximum absolute atomic E-state index is 13.2. The first-order valence-corrected chi connectivity index (χ1v) is 7.44. The van der Waals surface area contributed by atoms with Crippen molar-refractivity contribution in [3.8, 4) is 0 Å². The highest BCUT2D eigenvalue weighted by molar-refractivity contribution is 5.97. The van der Waals surface area contributed by atoms with Crippen LogP contribution in [0.5, 0.6) is 0 Å². The lowest BCUT2D eigenvalue weighted by atomic mass is 10.0. The van der Waals surface area contributed by atoms with Crippen LogP contribution in [-0.2, 0) is 11.3 Å². The fraction of sp³-hybridized carbons (Fsp3) is 0.294. The largest absolute Gasteiger partial charge is 0.467 e. The van der Waals surface area contributed by atoms with Gasteiger partial charge in [0.2, 0.25) is 5.91 Å². The van der Waals surface area contributed by atoms with Crippen LogP contribution >= 0.6 is 0 Å². The number of benzene rings is 1. The summed E-state index contributed by atoms with van der Waals surface area (Å²) in [6, 6.07) is 5.41. The summed E-state index contributed by atoms with van der Waals surface area (Å²) in [6.07, 6.45) is 1.49. The van der Waals surface area contributed by atoms with Crippen LogP contribution in [0.25, 0.3) is 0 Å². The number of halogens is 2. The molecule has 0 aliphatic heterocycles. The smallest absolute Gasteiger partial charge is 0.252 e. The van der Waals surface area contributed by atoms with Crippen LogP contribution in [0.2, 0.25) is 0 Å². The van der Waals surface area contributed by atoms with Crippen molar-refractivity contribution in [3.63, 3.8) is 0 Å². The monoisotopic (exact) mass is 336 g/mol. The van der Waals surface area contributed by atoms with Gasteiger partial charge in [-0.15, -0.1) is 0 Å². The first-order chi connectivity index (χ1) is 11.4. The normalized spacial score (nSPS) is 12.0. The van der Waals surface area contributed by atoms with Crippen LogP contribution < -0.4 is 10.6 Å². The van der Waals surface area contributed by atoms with Gasteiger partial charge in [-0.25, -0.2) is 8.78 Å². The van der Waals surface area contributed by atoms with Crippen LogP contribution in [0, 0.1) is 17.6 Å². The zero-order chi connectivity index (χ0) is 17.7. The Labute approximate surface area is 138 Å². The molecular formula is C17H18F2N2O3. The van der Waals surface area contributed by atoms with Crippen LogP contribution in [0.1, 0.15) is 30.0 Å². The Balaban J connectivity index is 2.02. The second-order valence-electron chi connectivity index (χ2n) is 5.62. The van der Waals surface area contributed by atoms with Crippen molar-refractivity contribution in [3.05, 3.63) is 59.6 Å². The van der Waals surface area contributed by atoms with Crippen molar-refractivity contribution in [2.24, 2.45) is 5.92 Å². The van der Waals surface area contributed by atoms with E-state index < -0.39 is 29.5 Å². The van der Waals surface area contributed by atoms with Crippen LogP contribution in [0.15, 0.2) is 41.0 Å². The molecule has 2 amide bonds. The average molecular weight is 336 g/mol. The quantitative estimate of drug-likeness (QED) is 0.852. The van der Waals surface area contributed by atoms with Gasteiger partial charge in [0.15, 0.2) is 11.6 Å². The van der Waals surface area contributed by atoms with E-state index in [1.807, 2.05) is 0 Å². The van der Waals surface area contributed by atoms with E-state index in [4.69, 9.17) is 4.42 Å². The summed E-state index contributed by atoms with van der Waals surface area (Å²) < 4.78 is 31.3. The second-order valence-corrected chi connectivity index (χ2v) is 5.62. The molecule has 0 unspecified atom stereocenters. The van der Waals surface area contributed by atoms with Crippen molar-refractivity contribution in [2.45, 2.75) is 26.4 Å². The lowest BCUT2D eigenvalue weighted by molar-refractivity contribution is -0.124. The molecule has 0 radical (unpaired) electrons. The predicted molar refractivity (Wildman–Crippen MR) is 83.0 cm³/mol. The average Bonchev–Trinajstić information content (AvgIpc) is 3.05. The molecule has 5 nitrogen and oxygen atoms in total. The lowest BCUT2D eigenvalue weighted by Gasteiger charge is -2.21. The summed E-state index contributed by atoms with van der Waals surface area (Å²) in [5.74, 6) is -2.82. The van der Waals surface area contributed by atoms with Gasteiger partial charge in [0.05, 0.1) is 12.8 Å². The summed E-state index contributed by atoms with van der Waals surface area (Å²) >= 11 is 0. The van der Waals surface area contributed by atoms with Crippen molar-refractivity contribution >= 4 is 11.8 Å². The molecule has 0 bridgehead atoms. The van der Waals surface area contributed by atoms with Gasteiger partial charge in [0, 0.05) is 5.56 Å². The summed E-state index contributed by atoms with van der Waals surface area (Å²) in [6.45, 7) is 3.72. The van der Waals surface area contributed by atoms with Gasteiger partial charge >= 0.3 is 0 Å². The third kappa shape index (κ3) is 4.41. The Morgan fingerprint density at radius 3 is 2.50 bits per heavy atom. The zero-order valence-corrected chi connectivity index (χ0v) is 13.3. The van der Waals surface area contributed by atoms with E-state index in [-0.39, 0.29) is 18.0 Å². The topological polar surface area (TPSA) is 71.3 Å². The minimum absolute atomic E-state index is 0.0571. The Morgan fingerprint density at radius 2 is 1.92 bits per heavy atom. The minimum atomic E-state index is -1.12. The number of nitrogens with one attached hydrogen (secondary N) is 2. The minimum Gasteiger partial charge on any atom is -0.467 e. The van der Waals surface area contributed by atoms with Crippen LogP contribution in [-0.4, -0.2) is 17.9 Å². The summed E-state index contributed by atoms with van der Waals surface area (Å²) in [4.78, 5) is 24.4. The van der Waals surface area contributed by atoms with E-state index in [0.717, 1.165) is 18.2 Å². The van der Waals surface area contributed by atoms with E-state index in [9.17, 15) is 18.4 Å². The number of hydrogen-bond donors (Lipinski definition) is 2. The molecule has 2 N–H and O–H groups in total. The fourth-order valence-corrected chi connectivity index (χ4v) is 2.09. The standard InChI is InChI=1S/C17H18F2N2O3/c1-10(2)15(17(23)20-9-12-4-3-7-24-12)21-16(22)11-5-6-13(18)14(19)8-11/h3-8,10,15H,9H2,1-2H3,(H,20,23)(H,21,22)/t15-/m0/s1. The molecule has 128 valence electrons. The molecule has 0 aliphatic rings. The highest BCUT2D eigenvalue weighted by atomic mass is 19.2. The van der Waals surface area contributed by atoms with E-state index in [0.29, 0.717) is 5.76 Å². The molecule has 1 aromatic heterocycles. The molecule has 1 aromatic carbocycles. The van der Waals surface area contributed by atoms with Crippen molar-refractivity contribution in [1.29, 1.82) is 0 Å². The number of carbonyl (C=O) groups is 2. The molecule has 0 fully saturated rings. The van der Waals surface area contributed by atoms with Gasteiger partial charge in [-0.1, -0.05) is 13.8 Å². The molecule has 2 rings (SSSR count). The molecule has 0 saturated heterocycles. The van der Waals surface area contributed by atoms with Gasteiger partial charge in [-0.2, -0.15) is 0 Å².